The van der Waals surface area contributed by atoms with Gasteiger partial charge in [0.2, 0.25) is 0 Å². The molecule has 82 valence electrons. The van der Waals surface area contributed by atoms with E-state index < -0.39 is 0 Å². The number of aromatic nitrogens is 4. The molecule has 0 aliphatic heterocycles. The lowest BCUT2D eigenvalue weighted by Crippen LogP contribution is -2.00. The van der Waals surface area contributed by atoms with E-state index in [9.17, 15) is 0 Å². The molecule has 1 saturated carbocycles. The van der Waals surface area contributed by atoms with Crippen LogP contribution in [0.2, 0.25) is 5.15 Å². The van der Waals surface area contributed by atoms with Gasteiger partial charge < -0.3 is 4.98 Å². The molecule has 0 bridgehead atoms. The quantitative estimate of drug-likeness (QED) is 0.672. The van der Waals surface area contributed by atoms with Gasteiger partial charge in [-0.1, -0.05) is 11.6 Å². The molecule has 16 heavy (non-hydrogen) atoms. The predicted molar refractivity (Wildman–Crippen MR) is 69.3 cm³/mol. The topological polar surface area (TPSA) is 54.5 Å². The predicted octanol–water partition coefficient (Wildman–Crippen LogP) is 3.00. The van der Waals surface area contributed by atoms with Gasteiger partial charge in [0.25, 0.3) is 0 Å². The fourth-order valence-corrected chi connectivity index (χ4v) is 2.42. The van der Waals surface area contributed by atoms with Crippen LogP contribution in [0.25, 0.3) is 11.6 Å². The van der Waals surface area contributed by atoms with Crippen molar-refractivity contribution in [3.63, 3.8) is 0 Å². The molecule has 0 spiro atoms. The van der Waals surface area contributed by atoms with Crippen molar-refractivity contribution in [2.24, 2.45) is 0 Å². The van der Waals surface area contributed by atoms with Crippen molar-refractivity contribution >= 4 is 34.2 Å². The van der Waals surface area contributed by atoms with Crippen LogP contribution in [-0.4, -0.2) is 19.9 Å². The number of nitrogens with one attached hydrogen (secondary N) is 1. The Morgan fingerprint density at radius 3 is 2.81 bits per heavy atom. The lowest BCUT2D eigenvalue weighted by atomic mass is 10.3. The third-order valence-corrected chi connectivity index (χ3v) is 4.17. The summed E-state index contributed by atoms with van der Waals surface area (Å²) in [7, 11) is 0. The van der Waals surface area contributed by atoms with Gasteiger partial charge in [-0.05, 0) is 35.4 Å². The summed E-state index contributed by atoms with van der Waals surface area (Å²) in [5.74, 6) is 1.80. The van der Waals surface area contributed by atoms with Crippen molar-refractivity contribution in [1.29, 1.82) is 0 Å². The third kappa shape index (κ3) is 1.82. The first-order valence-corrected chi connectivity index (χ1v) is 6.44. The molecule has 0 atom stereocenters. The van der Waals surface area contributed by atoms with Crippen LogP contribution in [0.3, 0.4) is 0 Å². The highest BCUT2D eigenvalue weighted by molar-refractivity contribution is 14.1. The van der Waals surface area contributed by atoms with Gasteiger partial charge >= 0.3 is 0 Å². The van der Waals surface area contributed by atoms with Gasteiger partial charge in [0.15, 0.2) is 11.6 Å². The SMILES string of the molecule is Clc1nc(-c2ncc[nH]2)nc(C2CC2)c1I. The Balaban J connectivity index is 2.13. The number of aromatic amines is 1. The summed E-state index contributed by atoms with van der Waals surface area (Å²) in [6.07, 6.45) is 5.82. The molecular formula is C10H8ClIN4. The molecule has 0 amide bonds. The average molecular weight is 347 g/mol. The third-order valence-electron chi connectivity index (χ3n) is 2.51. The summed E-state index contributed by atoms with van der Waals surface area (Å²) in [5.41, 5.74) is 1.06. The van der Waals surface area contributed by atoms with Crippen molar-refractivity contribution in [1.82, 2.24) is 19.9 Å². The van der Waals surface area contributed by atoms with Crippen LogP contribution in [0.15, 0.2) is 12.4 Å². The van der Waals surface area contributed by atoms with E-state index in [-0.39, 0.29) is 0 Å². The first-order valence-electron chi connectivity index (χ1n) is 4.98. The molecule has 0 saturated heterocycles. The summed E-state index contributed by atoms with van der Waals surface area (Å²) in [6, 6.07) is 0. The molecule has 1 fully saturated rings. The fourth-order valence-electron chi connectivity index (χ4n) is 1.56. The fraction of sp³-hybridized carbons (Fsp3) is 0.300. The Morgan fingerprint density at radius 2 is 2.19 bits per heavy atom. The van der Waals surface area contributed by atoms with E-state index in [1.165, 1.54) is 12.8 Å². The maximum absolute atomic E-state index is 6.11. The molecule has 3 rings (SSSR count). The van der Waals surface area contributed by atoms with Crippen molar-refractivity contribution in [3.8, 4) is 11.6 Å². The number of hydrogen-bond acceptors (Lipinski definition) is 3. The van der Waals surface area contributed by atoms with E-state index >= 15 is 0 Å². The van der Waals surface area contributed by atoms with Gasteiger partial charge in [-0.3, -0.25) is 0 Å². The van der Waals surface area contributed by atoms with E-state index in [4.69, 9.17) is 11.6 Å². The molecule has 2 aromatic rings. The maximum atomic E-state index is 6.11. The van der Waals surface area contributed by atoms with Gasteiger partial charge in [-0.25, -0.2) is 15.0 Å². The average Bonchev–Trinajstić information content (AvgIpc) is 2.96. The van der Waals surface area contributed by atoms with Gasteiger partial charge in [0, 0.05) is 18.3 Å². The van der Waals surface area contributed by atoms with Crippen LogP contribution in [0.5, 0.6) is 0 Å². The highest BCUT2D eigenvalue weighted by Gasteiger charge is 2.29. The molecule has 1 aliphatic carbocycles. The molecule has 2 heterocycles. The largest absolute Gasteiger partial charge is 0.342 e. The minimum absolute atomic E-state index is 0.518. The van der Waals surface area contributed by atoms with E-state index in [0.717, 1.165) is 9.26 Å². The summed E-state index contributed by atoms with van der Waals surface area (Å²) in [4.78, 5) is 15.9. The second kappa shape index (κ2) is 3.96. The van der Waals surface area contributed by atoms with Crippen molar-refractivity contribution in [2.45, 2.75) is 18.8 Å². The first kappa shape index (κ1) is 10.5. The van der Waals surface area contributed by atoms with Crippen LogP contribution in [0, 0.1) is 3.57 Å². The number of H-pyrrole nitrogens is 1. The molecule has 4 nitrogen and oxygen atoms in total. The van der Waals surface area contributed by atoms with Crippen molar-refractivity contribution in [2.75, 3.05) is 0 Å². The number of hydrogen-bond donors (Lipinski definition) is 1. The Kier molecular flexibility index (Phi) is 2.59. The lowest BCUT2D eigenvalue weighted by Gasteiger charge is -2.05. The van der Waals surface area contributed by atoms with E-state index in [1.807, 2.05) is 0 Å². The smallest absolute Gasteiger partial charge is 0.197 e. The van der Waals surface area contributed by atoms with Gasteiger partial charge in [0.05, 0.1) is 9.26 Å². The normalized spacial score (nSPS) is 15.4. The minimum Gasteiger partial charge on any atom is -0.342 e. The van der Waals surface area contributed by atoms with E-state index in [0.29, 0.717) is 22.7 Å². The van der Waals surface area contributed by atoms with Gasteiger partial charge in [0.1, 0.15) is 5.15 Å². The molecule has 2 aromatic heterocycles. The number of imidazole rings is 1. The molecule has 1 N–H and O–H groups in total. The van der Waals surface area contributed by atoms with E-state index in [2.05, 4.69) is 42.5 Å². The highest BCUT2D eigenvalue weighted by Crippen LogP contribution is 2.42. The van der Waals surface area contributed by atoms with Crippen LogP contribution in [-0.2, 0) is 0 Å². The zero-order valence-electron chi connectivity index (χ0n) is 8.24. The zero-order valence-corrected chi connectivity index (χ0v) is 11.2. The second-order valence-corrected chi connectivity index (χ2v) is 5.19. The molecule has 0 unspecified atom stereocenters. The minimum atomic E-state index is 0.518. The maximum Gasteiger partial charge on any atom is 0.197 e. The van der Waals surface area contributed by atoms with Crippen LogP contribution in [0.4, 0.5) is 0 Å². The van der Waals surface area contributed by atoms with Crippen molar-refractivity contribution < 1.29 is 0 Å². The van der Waals surface area contributed by atoms with E-state index in [1.54, 1.807) is 12.4 Å². The van der Waals surface area contributed by atoms with Gasteiger partial charge in [-0.15, -0.1) is 0 Å². The molecule has 0 radical (unpaired) electrons. The monoisotopic (exact) mass is 346 g/mol. The molecule has 6 heteroatoms. The molecule has 0 aromatic carbocycles. The number of rotatable bonds is 2. The zero-order chi connectivity index (χ0) is 11.1. The summed E-state index contributed by atoms with van der Waals surface area (Å²) >= 11 is 8.31. The number of nitrogens with zero attached hydrogens (tertiary/aromatic N) is 3. The van der Waals surface area contributed by atoms with Crippen LogP contribution < -0.4 is 0 Å². The second-order valence-electron chi connectivity index (χ2n) is 3.75. The van der Waals surface area contributed by atoms with Crippen LogP contribution in [0.1, 0.15) is 24.5 Å². The summed E-state index contributed by atoms with van der Waals surface area (Å²) in [6.45, 7) is 0. The first-order chi connectivity index (χ1) is 7.75. The highest BCUT2D eigenvalue weighted by atomic mass is 127. The Bertz CT molecular complexity index is 522. The van der Waals surface area contributed by atoms with Crippen molar-refractivity contribution in [3.05, 3.63) is 26.8 Å². The Morgan fingerprint density at radius 1 is 1.38 bits per heavy atom. The Labute approximate surface area is 111 Å². The standard InChI is InChI=1S/C10H8ClIN4/c11-8-6(12)7(5-1-2-5)15-10(16-8)9-13-3-4-14-9/h3-5H,1-2H2,(H,13,14). The molecular weight excluding hydrogens is 338 g/mol. The van der Waals surface area contributed by atoms with Gasteiger partial charge in [-0.2, -0.15) is 0 Å². The summed E-state index contributed by atoms with van der Waals surface area (Å²) < 4.78 is 0.970. The van der Waals surface area contributed by atoms with Crippen LogP contribution >= 0.6 is 34.2 Å². The lowest BCUT2D eigenvalue weighted by molar-refractivity contribution is 0.967. The molecule has 1 aliphatic rings. The Hall–Kier alpha value is -0.690. The number of halogens is 2. The summed E-state index contributed by atoms with van der Waals surface area (Å²) in [5, 5.41) is 0.518.